The van der Waals surface area contributed by atoms with Crippen LogP contribution in [0, 0.1) is 6.92 Å². The van der Waals surface area contributed by atoms with Crippen molar-refractivity contribution >= 4 is 21.8 Å². The van der Waals surface area contributed by atoms with Crippen LogP contribution >= 0.6 is 15.9 Å². The molecule has 0 spiro atoms. The zero-order chi connectivity index (χ0) is 14.5. The summed E-state index contributed by atoms with van der Waals surface area (Å²) in [7, 11) is 0. The first-order valence-corrected chi connectivity index (χ1v) is 7.22. The molecule has 0 aliphatic rings. The predicted octanol–water partition coefficient (Wildman–Crippen LogP) is 3.15. The van der Waals surface area contributed by atoms with Gasteiger partial charge in [0.2, 0.25) is 0 Å². The molecule has 3 nitrogen and oxygen atoms in total. The Morgan fingerprint density at radius 3 is 2.55 bits per heavy atom. The molecule has 2 rings (SSSR count). The molecule has 0 fully saturated rings. The molecule has 0 aliphatic carbocycles. The molecular weight excluding hydrogens is 316 g/mol. The number of carbonyl (C=O) groups excluding carboxylic acids is 1. The van der Waals surface area contributed by atoms with E-state index in [-0.39, 0.29) is 5.91 Å². The maximum absolute atomic E-state index is 12.1. The highest BCUT2D eigenvalue weighted by Gasteiger charge is 2.08. The van der Waals surface area contributed by atoms with Gasteiger partial charge in [0.1, 0.15) is 0 Å². The fourth-order valence-electron chi connectivity index (χ4n) is 1.99. The van der Waals surface area contributed by atoms with Gasteiger partial charge in [0, 0.05) is 23.1 Å². The van der Waals surface area contributed by atoms with Gasteiger partial charge in [-0.15, -0.1) is 0 Å². The maximum Gasteiger partial charge on any atom is 0.251 e. The number of rotatable bonds is 4. The van der Waals surface area contributed by atoms with E-state index in [9.17, 15) is 4.79 Å². The minimum absolute atomic E-state index is 0.0765. The predicted molar refractivity (Wildman–Crippen MR) is 84.4 cm³/mol. The van der Waals surface area contributed by atoms with E-state index in [1.54, 1.807) is 6.07 Å². The zero-order valence-electron chi connectivity index (χ0n) is 11.3. The van der Waals surface area contributed by atoms with Gasteiger partial charge in [-0.1, -0.05) is 40.2 Å². The number of hydrogen-bond donors (Lipinski definition) is 2. The van der Waals surface area contributed by atoms with Gasteiger partial charge in [-0.3, -0.25) is 4.79 Å². The molecule has 0 saturated carbocycles. The topological polar surface area (TPSA) is 55.1 Å². The van der Waals surface area contributed by atoms with Gasteiger partial charge in [-0.05, 0) is 41.8 Å². The molecule has 2 aromatic carbocycles. The molecule has 0 bridgehead atoms. The molecule has 104 valence electrons. The third kappa shape index (κ3) is 3.46. The molecule has 0 saturated heterocycles. The van der Waals surface area contributed by atoms with Crippen LogP contribution in [0.3, 0.4) is 0 Å². The van der Waals surface area contributed by atoms with Crippen LogP contribution in [0.1, 0.15) is 27.0 Å². The van der Waals surface area contributed by atoms with Crippen LogP contribution in [0.25, 0.3) is 0 Å². The molecule has 0 radical (unpaired) electrons. The smallest absolute Gasteiger partial charge is 0.251 e. The number of carbonyl (C=O) groups is 1. The van der Waals surface area contributed by atoms with E-state index in [1.165, 1.54) is 0 Å². The van der Waals surface area contributed by atoms with Crippen LogP contribution in [0.5, 0.6) is 0 Å². The first-order chi connectivity index (χ1) is 9.61. The highest BCUT2D eigenvalue weighted by molar-refractivity contribution is 9.10. The SMILES string of the molecule is Cc1cc(C(=O)NCc2ccccc2CN)ccc1Br. The number of nitrogens with one attached hydrogen (secondary N) is 1. The summed E-state index contributed by atoms with van der Waals surface area (Å²) < 4.78 is 1.00. The monoisotopic (exact) mass is 332 g/mol. The van der Waals surface area contributed by atoms with E-state index >= 15 is 0 Å². The van der Waals surface area contributed by atoms with E-state index in [4.69, 9.17) is 5.73 Å². The molecule has 0 atom stereocenters. The summed E-state index contributed by atoms with van der Waals surface area (Å²) in [4.78, 5) is 12.1. The molecular formula is C16H17BrN2O. The summed E-state index contributed by atoms with van der Waals surface area (Å²) >= 11 is 3.43. The van der Waals surface area contributed by atoms with Crippen molar-refractivity contribution in [3.8, 4) is 0 Å². The molecule has 0 unspecified atom stereocenters. The molecule has 4 heteroatoms. The standard InChI is InChI=1S/C16H17BrN2O/c1-11-8-12(6-7-15(11)17)16(20)19-10-14-5-3-2-4-13(14)9-18/h2-8H,9-10,18H2,1H3,(H,19,20). The first-order valence-electron chi connectivity index (χ1n) is 6.43. The fourth-order valence-corrected chi connectivity index (χ4v) is 2.24. The lowest BCUT2D eigenvalue weighted by atomic mass is 10.1. The summed E-state index contributed by atoms with van der Waals surface area (Å²) in [5, 5.41) is 2.93. The minimum atomic E-state index is -0.0765. The minimum Gasteiger partial charge on any atom is -0.348 e. The van der Waals surface area contributed by atoms with E-state index in [2.05, 4.69) is 21.2 Å². The second-order valence-corrected chi connectivity index (χ2v) is 5.47. The molecule has 3 N–H and O–H groups in total. The third-order valence-electron chi connectivity index (χ3n) is 3.20. The lowest BCUT2D eigenvalue weighted by Crippen LogP contribution is -2.23. The second-order valence-electron chi connectivity index (χ2n) is 4.62. The van der Waals surface area contributed by atoms with Crippen molar-refractivity contribution in [1.29, 1.82) is 0 Å². The van der Waals surface area contributed by atoms with Gasteiger partial charge in [-0.25, -0.2) is 0 Å². The van der Waals surface area contributed by atoms with Gasteiger partial charge in [0.15, 0.2) is 0 Å². The Kier molecular flexibility index (Phi) is 4.93. The second kappa shape index (κ2) is 6.68. The van der Waals surface area contributed by atoms with Crippen molar-refractivity contribution < 1.29 is 4.79 Å². The molecule has 1 amide bonds. The van der Waals surface area contributed by atoms with E-state index in [0.717, 1.165) is 21.2 Å². The Morgan fingerprint density at radius 1 is 1.20 bits per heavy atom. The Labute approximate surface area is 127 Å². The van der Waals surface area contributed by atoms with Crippen molar-refractivity contribution in [1.82, 2.24) is 5.32 Å². The summed E-state index contributed by atoms with van der Waals surface area (Å²) in [6, 6.07) is 13.4. The van der Waals surface area contributed by atoms with Gasteiger partial charge in [-0.2, -0.15) is 0 Å². The Hall–Kier alpha value is -1.65. The maximum atomic E-state index is 12.1. The highest BCUT2D eigenvalue weighted by Crippen LogP contribution is 2.17. The largest absolute Gasteiger partial charge is 0.348 e. The van der Waals surface area contributed by atoms with E-state index < -0.39 is 0 Å². The molecule has 2 aromatic rings. The molecule has 0 aliphatic heterocycles. The fraction of sp³-hybridized carbons (Fsp3) is 0.188. The van der Waals surface area contributed by atoms with Gasteiger partial charge >= 0.3 is 0 Å². The number of aryl methyl sites for hydroxylation is 1. The van der Waals surface area contributed by atoms with Gasteiger partial charge < -0.3 is 11.1 Å². The van der Waals surface area contributed by atoms with Crippen LogP contribution in [-0.4, -0.2) is 5.91 Å². The third-order valence-corrected chi connectivity index (χ3v) is 4.09. The van der Waals surface area contributed by atoms with Gasteiger partial charge in [0.05, 0.1) is 0 Å². The van der Waals surface area contributed by atoms with E-state index in [1.807, 2.05) is 43.3 Å². The van der Waals surface area contributed by atoms with Crippen LogP contribution in [0.2, 0.25) is 0 Å². The van der Waals surface area contributed by atoms with Crippen molar-refractivity contribution in [3.63, 3.8) is 0 Å². The number of halogens is 1. The van der Waals surface area contributed by atoms with Crippen LogP contribution in [0.15, 0.2) is 46.9 Å². The lowest BCUT2D eigenvalue weighted by molar-refractivity contribution is 0.0950. The quantitative estimate of drug-likeness (QED) is 0.903. The lowest BCUT2D eigenvalue weighted by Gasteiger charge is -2.10. The first kappa shape index (κ1) is 14.8. The van der Waals surface area contributed by atoms with Crippen molar-refractivity contribution in [3.05, 3.63) is 69.2 Å². The van der Waals surface area contributed by atoms with Crippen molar-refractivity contribution in [2.75, 3.05) is 0 Å². The van der Waals surface area contributed by atoms with Crippen molar-refractivity contribution in [2.24, 2.45) is 5.73 Å². The Bertz CT molecular complexity index is 626. The Balaban J connectivity index is 2.06. The number of amides is 1. The number of benzene rings is 2. The van der Waals surface area contributed by atoms with E-state index in [0.29, 0.717) is 18.7 Å². The zero-order valence-corrected chi connectivity index (χ0v) is 12.9. The highest BCUT2D eigenvalue weighted by atomic mass is 79.9. The van der Waals surface area contributed by atoms with Crippen LogP contribution in [-0.2, 0) is 13.1 Å². The summed E-state index contributed by atoms with van der Waals surface area (Å²) in [6.45, 7) is 2.93. The van der Waals surface area contributed by atoms with Crippen LogP contribution in [0.4, 0.5) is 0 Å². The molecule has 0 aromatic heterocycles. The molecule has 0 heterocycles. The number of nitrogens with two attached hydrogens (primary N) is 1. The van der Waals surface area contributed by atoms with Crippen LogP contribution < -0.4 is 11.1 Å². The average Bonchev–Trinajstić information content (AvgIpc) is 2.47. The normalized spacial score (nSPS) is 10.3. The number of hydrogen-bond acceptors (Lipinski definition) is 2. The summed E-state index contributed by atoms with van der Waals surface area (Å²) in [5.41, 5.74) is 9.50. The Morgan fingerprint density at radius 2 is 1.90 bits per heavy atom. The molecule has 20 heavy (non-hydrogen) atoms. The van der Waals surface area contributed by atoms with Gasteiger partial charge in [0.25, 0.3) is 5.91 Å². The van der Waals surface area contributed by atoms with Crippen molar-refractivity contribution in [2.45, 2.75) is 20.0 Å². The average molecular weight is 333 g/mol. The summed E-state index contributed by atoms with van der Waals surface area (Å²) in [5.74, 6) is -0.0765. The summed E-state index contributed by atoms with van der Waals surface area (Å²) in [6.07, 6.45) is 0.